The minimum absolute atomic E-state index is 0.0163. The van der Waals surface area contributed by atoms with Crippen LogP contribution in [0, 0.1) is 23.7 Å². The third kappa shape index (κ3) is 13.1. The van der Waals surface area contributed by atoms with Gasteiger partial charge in [-0.3, -0.25) is 19.2 Å². The highest BCUT2D eigenvalue weighted by Gasteiger charge is 2.43. The molecule has 2 bridgehead atoms. The molecular weight excluding hydrogens is 684 g/mol. The van der Waals surface area contributed by atoms with Gasteiger partial charge in [-0.25, -0.2) is 19.2 Å². The predicted molar refractivity (Wildman–Crippen MR) is 193 cm³/mol. The number of carboxylic acids is 4. The summed E-state index contributed by atoms with van der Waals surface area (Å²) >= 11 is 0. The van der Waals surface area contributed by atoms with Crippen LogP contribution in [-0.2, 0) is 19.2 Å². The Morgan fingerprint density at radius 1 is 0.528 bits per heavy atom. The van der Waals surface area contributed by atoms with E-state index in [4.69, 9.17) is 20.4 Å². The van der Waals surface area contributed by atoms with Gasteiger partial charge < -0.3 is 20.4 Å². The Hall–Kier alpha value is -6.74. The quantitative estimate of drug-likeness (QED) is 0.116. The van der Waals surface area contributed by atoms with Crippen molar-refractivity contribution in [1.82, 2.24) is 0 Å². The Balaban J connectivity index is 0.000000258. The average molecular weight is 723 g/mol. The molecule has 5 rings (SSSR count). The van der Waals surface area contributed by atoms with Crippen molar-refractivity contribution in [2.24, 2.45) is 11.8 Å². The molecule has 0 aromatic heterocycles. The SMILES string of the molecule is CC(=O)/C=C\C(=O)O.CC(=O)C1=C(C(=O)O)C2CCC1C2.CC(=O)c1ccc(C#Cc2ccccc2)cc1C(=O)O.CC(=O)c1ccccc1C(=O)O. The fourth-order valence-electron chi connectivity index (χ4n) is 5.65. The van der Waals surface area contributed by atoms with Crippen molar-refractivity contribution in [2.75, 3.05) is 0 Å². The molecule has 12 heteroatoms. The molecule has 3 aromatic carbocycles. The molecule has 2 aliphatic rings. The van der Waals surface area contributed by atoms with Gasteiger partial charge in [-0.05, 0) is 101 Å². The molecule has 0 saturated heterocycles. The minimum atomic E-state index is -1.13. The van der Waals surface area contributed by atoms with E-state index >= 15 is 0 Å². The summed E-state index contributed by atoms with van der Waals surface area (Å²) in [4.78, 5) is 85.8. The molecule has 2 aliphatic carbocycles. The molecule has 53 heavy (non-hydrogen) atoms. The Labute approximate surface area is 305 Å². The van der Waals surface area contributed by atoms with Crippen LogP contribution in [0.2, 0.25) is 0 Å². The lowest BCUT2D eigenvalue weighted by Gasteiger charge is -2.14. The van der Waals surface area contributed by atoms with Crippen LogP contribution in [0.4, 0.5) is 0 Å². The zero-order valence-corrected chi connectivity index (χ0v) is 29.4. The van der Waals surface area contributed by atoms with Gasteiger partial charge in [0.2, 0.25) is 0 Å². The molecule has 2 unspecified atom stereocenters. The van der Waals surface area contributed by atoms with E-state index in [0.29, 0.717) is 16.7 Å². The van der Waals surface area contributed by atoms with Crippen LogP contribution in [0.1, 0.15) is 99.5 Å². The van der Waals surface area contributed by atoms with Crippen molar-refractivity contribution in [3.8, 4) is 11.8 Å². The molecule has 2 atom stereocenters. The maximum absolute atomic E-state index is 11.4. The minimum Gasteiger partial charge on any atom is -0.478 e. The number of aromatic carboxylic acids is 2. The second-order valence-corrected chi connectivity index (χ2v) is 11.8. The summed E-state index contributed by atoms with van der Waals surface area (Å²) in [5.74, 6) is 1.25. The van der Waals surface area contributed by atoms with Gasteiger partial charge in [0.15, 0.2) is 23.1 Å². The van der Waals surface area contributed by atoms with Gasteiger partial charge in [0.1, 0.15) is 0 Å². The van der Waals surface area contributed by atoms with Crippen molar-refractivity contribution < 1.29 is 58.8 Å². The zero-order valence-electron chi connectivity index (χ0n) is 29.4. The standard InChI is InChI=1S/C17H12O3.C10H12O3.C9H8O3.C5H6O3/c1-12(18)15-10-9-14(11-16(15)17(19)20)8-7-13-5-3-2-4-6-13;1-5(11)8-6-2-3-7(4-6)9(8)10(12)13;1-6(10)7-4-2-3-5-8(7)9(11)12;1-4(6)2-3-5(7)8/h2-6,9-11H,1H3,(H,19,20);6-7H,2-4H2,1H3,(H,12,13);2-5H,1H3,(H,11,12);2-3H,1H3,(H,7,8)/b;;;3-2-. The lowest BCUT2D eigenvalue weighted by Crippen LogP contribution is -2.15. The Kier molecular flexibility index (Phi) is 16.2. The molecule has 0 radical (unpaired) electrons. The van der Waals surface area contributed by atoms with Gasteiger partial charge in [0.25, 0.3) is 0 Å². The Morgan fingerprint density at radius 2 is 1.02 bits per heavy atom. The lowest BCUT2D eigenvalue weighted by molar-refractivity contribution is -0.134. The van der Waals surface area contributed by atoms with Gasteiger partial charge >= 0.3 is 23.9 Å². The number of hydrogen-bond donors (Lipinski definition) is 4. The molecule has 0 spiro atoms. The first kappa shape index (κ1) is 42.4. The van der Waals surface area contributed by atoms with Crippen LogP contribution < -0.4 is 0 Å². The number of aliphatic carboxylic acids is 2. The molecule has 1 saturated carbocycles. The number of benzene rings is 3. The first-order valence-electron chi connectivity index (χ1n) is 16.1. The third-order valence-electron chi connectivity index (χ3n) is 7.90. The van der Waals surface area contributed by atoms with Crippen LogP contribution >= 0.6 is 0 Å². The van der Waals surface area contributed by atoms with Gasteiger partial charge in [0.05, 0.1) is 11.1 Å². The first-order chi connectivity index (χ1) is 24.9. The average Bonchev–Trinajstić information content (AvgIpc) is 3.74. The summed E-state index contributed by atoms with van der Waals surface area (Å²) < 4.78 is 0. The van der Waals surface area contributed by atoms with Gasteiger partial charge in [-0.1, -0.05) is 48.2 Å². The second-order valence-electron chi connectivity index (χ2n) is 11.8. The number of hydrogen-bond acceptors (Lipinski definition) is 8. The van der Waals surface area contributed by atoms with Gasteiger partial charge in [-0.15, -0.1) is 0 Å². The topological polar surface area (TPSA) is 217 Å². The van der Waals surface area contributed by atoms with Gasteiger partial charge in [0, 0.05) is 39.5 Å². The predicted octanol–water partition coefficient (Wildman–Crippen LogP) is 6.18. The fourth-order valence-corrected chi connectivity index (χ4v) is 5.65. The number of allylic oxidation sites excluding steroid dienone is 2. The Morgan fingerprint density at radius 3 is 1.43 bits per heavy atom. The molecule has 12 nitrogen and oxygen atoms in total. The van der Waals surface area contributed by atoms with Crippen LogP contribution in [0.5, 0.6) is 0 Å². The van der Waals surface area contributed by atoms with Crippen LogP contribution in [-0.4, -0.2) is 67.4 Å². The van der Waals surface area contributed by atoms with E-state index in [1.807, 2.05) is 30.3 Å². The van der Waals surface area contributed by atoms with E-state index in [-0.39, 0.29) is 57.2 Å². The molecule has 0 heterocycles. The number of carbonyl (C=O) groups excluding carboxylic acids is 4. The number of rotatable bonds is 8. The van der Waals surface area contributed by atoms with Crippen molar-refractivity contribution >= 4 is 47.0 Å². The summed E-state index contributed by atoms with van der Waals surface area (Å²) in [5, 5.41) is 34.7. The van der Waals surface area contributed by atoms with Crippen LogP contribution in [0.3, 0.4) is 0 Å². The molecule has 274 valence electrons. The van der Waals surface area contributed by atoms with Crippen LogP contribution in [0.25, 0.3) is 0 Å². The smallest absolute Gasteiger partial charge is 0.336 e. The largest absolute Gasteiger partial charge is 0.478 e. The molecule has 3 aromatic rings. The Bertz CT molecular complexity index is 1960. The lowest BCUT2D eigenvalue weighted by atomic mass is 9.90. The second kappa shape index (κ2) is 20.2. The zero-order chi connectivity index (χ0) is 39.8. The van der Waals surface area contributed by atoms with E-state index in [2.05, 4.69) is 11.8 Å². The number of carbonyl (C=O) groups is 8. The highest BCUT2D eigenvalue weighted by atomic mass is 16.4. The highest BCUT2D eigenvalue weighted by Crippen LogP contribution is 2.48. The molecule has 0 amide bonds. The van der Waals surface area contributed by atoms with Crippen molar-refractivity contribution in [2.45, 2.75) is 47.0 Å². The maximum Gasteiger partial charge on any atom is 0.336 e. The number of ketones is 4. The number of fused-ring (bicyclic) bond motifs is 2. The third-order valence-corrected chi connectivity index (χ3v) is 7.90. The van der Waals surface area contributed by atoms with E-state index in [1.54, 1.807) is 18.2 Å². The monoisotopic (exact) mass is 722 g/mol. The van der Waals surface area contributed by atoms with E-state index < -0.39 is 23.9 Å². The van der Waals surface area contributed by atoms with Crippen molar-refractivity contribution in [3.63, 3.8) is 0 Å². The molecule has 4 N–H and O–H groups in total. The van der Waals surface area contributed by atoms with E-state index in [1.165, 1.54) is 52.0 Å². The molecule has 0 aliphatic heterocycles. The van der Waals surface area contributed by atoms with Crippen LogP contribution in [0.15, 0.2) is 96.1 Å². The first-order valence-corrected chi connectivity index (χ1v) is 16.1. The number of Topliss-reactive ketones (excluding diaryl/α,β-unsaturated/α-hetero) is 3. The summed E-state index contributed by atoms with van der Waals surface area (Å²) in [6, 6.07) is 20.1. The van der Waals surface area contributed by atoms with E-state index in [0.717, 1.165) is 37.0 Å². The maximum atomic E-state index is 11.4. The van der Waals surface area contributed by atoms with Crippen molar-refractivity contribution in [1.29, 1.82) is 0 Å². The summed E-state index contributed by atoms with van der Waals surface area (Å²) in [7, 11) is 0. The fraction of sp³-hybridized carbons (Fsp3) is 0.220. The van der Waals surface area contributed by atoms with Crippen molar-refractivity contribution in [3.05, 3.63) is 129 Å². The summed E-state index contributed by atoms with van der Waals surface area (Å²) in [6.45, 7) is 5.46. The van der Waals surface area contributed by atoms with Gasteiger partial charge in [-0.2, -0.15) is 0 Å². The highest BCUT2D eigenvalue weighted by molar-refractivity contribution is 6.06. The summed E-state index contributed by atoms with van der Waals surface area (Å²) in [6.07, 6.45) is 4.64. The molecule has 1 fully saturated rings. The summed E-state index contributed by atoms with van der Waals surface area (Å²) in [5.41, 5.74) is 2.92. The normalized spacial score (nSPS) is 14.8. The van der Waals surface area contributed by atoms with E-state index in [9.17, 15) is 38.4 Å². The molecular formula is C41H38O12. The number of carboxylic acid groups (broad SMARTS) is 4.